The van der Waals surface area contributed by atoms with Crippen LogP contribution in [0.4, 0.5) is 11.4 Å². The number of benzene rings is 2. The van der Waals surface area contributed by atoms with Gasteiger partial charge in [-0.1, -0.05) is 31.2 Å². The first-order chi connectivity index (χ1) is 8.81. The van der Waals surface area contributed by atoms with Gasteiger partial charge in [0.2, 0.25) is 0 Å². The van der Waals surface area contributed by atoms with Gasteiger partial charge in [-0.05, 0) is 41.8 Å². The zero-order valence-corrected chi connectivity index (χ0v) is 11.0. The van der Waals surface area contributed by atoms with Crippen LogP contribution in [0.2, 0.25) is 0 Å². The molecule has 0 fully saturated rings. The van der Waals surface area contributed by atoms with Gasteiger partial charge in [-0.25, -0.2) is 0 Å². The first kappa shape index (κ1) is 12.5. The quantitative estimate of drug-likeness (QED) is 0.828. The normalized spacial score (nSPS) is 10.1. The standard InChI is InChI=1S/C16H20N2/c1-3-13-7-9-15(10-8-13)18-12-14-5-4-6-16(11-14)17-2/h4-11,17-18H,3,12H2,1-2H3. The van der Waals surface area contributed by atoms with E-state index in [0.29, 0.717) is 0 Å². The van der Waals surface area contributed by atoms with Crippen molar-refractivity contribution in [3.63, 3.8) is 0 Å². The number of aryl methyl sites for hydroxylation is 1. The third-order valence-corrected chi connectivity index (χ3v) is 3.07. The lowest BCUT2D eigenvalue weighted by Crippen LogP contribution is -2.00. The second kappa shape index (κ2) is 6.10. The maximum Gasteiger partial charge on any atom is 0.0401 e. The smallest absolute Gasteiger partial charge is 0.0401 e. The van der Waals surface area contributed by atoms with Crippen LogP contribution < -0.4 is 10.6 Å². The van der Waals surface area contributed by atoms with E-state index in [2.05, 4.69) is 66.1 Å². The third kappa shape index (κ3) is 3.27. The van der Waals surface area contributed by atoms with E-state index in [0.717, 1.165) is 18.7 Å². The molecule has 0 radical (unpaired) electrons. The molecule has 0 spiro atoms. The Morgan fingerprint density at radius 1 is 0.889 bits per heavy atom. The topological polar surface area (TPSA) is 24.1 Å². The fourth-order valence-electron chi connectivity index (χ4n) is 1.90. The van der Waals surface area contributed by atoms with E-state index in [-0.39, 0.29) is 0 Å². The number of hydrogen-bond donors (Lipinski definition) is 2. The molecule has 2 N–H and O–H groups in total. The molecule has 2 nitrogen and oxygen atoms in total. The van der Waals surface area contributed by atoms with Crippen LogP contribution >= 0.6 is 0 Å². The van der Waals surface area contributed by atoms with E-state index in [1.165, 1.54) is 16.8 Å². The second-order valence-corrected chi connectivity index (χ2v) is 4.35. The summed E-state index contributed by atoms with van der Waals surface area (Å²) in [7, 11) is 1.94. The summed E-state index contributed by atoms with van der Waals surface area (Å²) in [6.07, 6.45) is 1.09. The van der Waals surface area contributed by atoms with E-state index in [4.69, 9.17) is 0 Å². The lowest BCUT2D eigenvalue weighted by atomic mass is 10.1. The molecule has 0 aromatic heterocycles. The van der Waals surface area contributed by atoms with Gasteiger partial charge in [-0.15, -0.1) is 0 Å². The highest BCUT2D eigenvalue weighted by Crippen LogP contribution is 2.14. The minimum atomic E-state index is 0.848. The summed E-state index contributed by atoms with van der Waals surface area (Å²) in [6, 6.07) is 17.1. The van der Waals surface area contributed by atoms with Crippen LogP contribution in [-0.2, 0) is 13.0 Å². The molecule has 0 saturated heterocycles. The van der Waals surface area contributed by atoms with Crippen LogP contribution in [0, 0.1) is 0 Å². The number of anilines is 2. The van der Waals surface area contributed by atoms with Gasteiger partial charge in [-0.3, -0.25) is 0 Å². The van der Waals surface area contributed by atoms with Gasteiger partial charge in [0.05, 0.1) is 0 Å². The Hall–Kier alpha value is -1.96. The molecule has 2 aromatic rings. The van der Waals surface area contributed by atoms with Gasteiger partial charge in [0, 0.05) is 25.0 Å². The zero-order valence-electron chi connectivity index (χ0n) is 11.0. The van der Waals surface area contributed by atoms with Crippen molar-refractivity contribution in [3.8, 4) is 0 Å². The van der Waals surface area contributed by atoms with Crippen LogP contribution in [0.3, 0.4) is 0 Å². The van der Waals surface area contributed by atoms with Gasteiger partial charge in [0.15, 0.2) is 0 Å². The zero-order chi connectivity index (χ0) is 12.8. The van der Waals surface area contributed by atoms with Crippen LogP contribution in [0.1, 0.15) is 18.1 Å². The Bertz CT molecular complexity index is 489. The molecule has 0 saturated carbocycles. The molecule has 94 valence electrons. The lowest BCUT2D eigenvalue weighted by Gasteiger charge is -2.08. The van der Waals surface area contributed by atoms with Gasteiger partial charge in [-0.2, -0.15) is 0 Å². The summed E-state index contributed by atoms with van der Waals surface area (Å²) >= 11 is 0. The number of nitrogens with one attached hydrogen (secondary N) is 2. The molecule has 0 aliphatic heterocycles. The van der Waals surface area contributed by atoms with Crippen LogP contribution in [-0.4, -0.2) is 7.05 Å². The summed E-state index contributed by atoms with van der Waals surface area (Å²) in [6.45, 7) is 3.02. The summed E-state index contributed by atoms with van der Waals surface area (Å²) in [5, 5.41) is 6.59. The van der Waals surface area contributed by atoms with Crippen LogP contribution in [0.15, 0.2) is 48.5 Å². The highest BCUT2D eigenvalue weighted by molar-refractivity contribution is 5.48. The molecule has 2 aromatic carbocycles. The van der Waals surface area contributed by atoms with Gasteiger partial charge >= 0.3 is 0 Å². The molecule has 0 aliphatic rings. The van der Waals surface area contributed by atoms with Gasteiger partial charge in [0.25, 0.3) is 0 Å². The van der Waals surface area contributed by atoms with Crippen molar-refractivity contribution in [2.45, 2.75) is 19.9 Å². The Labute approximate surface area is 109 Å². The largest absolute Gasteiger partial charge is 0.388 e. The Morgan fingerprint density at radius 2 is 1.67 bits per heavy atom. The third-order valence-electron chi connectivity index (χ3n) is 3.07. The maximum atomic E-state index is 3.44. The summed E-state index contributed by atoms with van der Waals surface area (Å²) < 4.78 is 0. The summed E-state index contributed by atoms with van der Waals surface area (Å²) in [4.78, 5) is 0. The lowest BCUT2D eigenvalue weighted by molar-refractivity contribution is 1.12. The number of hydrogen-bond acceptors (Lipinski definition) is 2. The monoisotopic (exact) mass is 240 g/mol. The molecule has 0 aliphatic carbocycles. The fourth-order valence-corrected chi connectivity index (χ4v) is 1.90. The highest BCUT2D eigenvalue weighted by atomic mass is 14.9. The SMILES string of the molecule is CCc1ccc(NCc2cccc(NC)c2)cc1. The predicted molar refractivity (Wildman–Crippen MR) is 79.1 cm³/mol. The van der Waals surface area contributed by atoms with E-state index in [9.17, 15) is 0 Å². The Balaban J connectivity index is 1.97. The average Bonchev–Trinajstić information content (AvgIpc) is 2.46. The molecule has 0 unspecified atom stereocenters. The molecule has 2 heteroatoms. The number of rotatable bonds is 5. The molecular formula is C16H20N2. The fraction of sp³-hybridized carbons (Fsp3) is 0.250. The van der Waals surface area contributed by atoms with Crippen LogP contribution in [0.25, 0.3) is 0 Å². The summed E-state index contributed by atoms with van der Waals surface area (Å²) in [5.41, 5.74) is 4.97. The van der Waals surface area contributed by atoms with Crippen LogP contribution in [0.5, 0.6) is 0 Å². The van der Waals surface area contributed by atoms with Crippen molar-refractivity contribution in [1.82, 2.24) is 0 Å². The Morgan fingerprint density at radius 3 is 2.33 bits per heavy atom. The van der Waals surface area contributed by atoms with Gasteiger partial charge < -0.3 is 10.6 Å². The molecular weight excluding hydrogens is 220 g/mol. The molecule has 0 bridgehead atoms. The second-order valence-electron chi connectivity index (χ2n) is 4.35. The van der Waals surface area contributed by atoms with Crippen molar-refractivity contribution in [1.29, 1.82) is 0 Å². The van der Waals surface area contributed by atoms with Crippen molar-refractivity contribution < 1.29 is 0 Å². The molecule has 0 atom stereocenters. The molecule has 0 amide bonds. The van der Waals surface area contributed by atoms with Gasteiger partial charge in [0.1, 0.15) is 0 Å². The average molecular weight is 240 g/mol. The first-order valence-corrected chi connectivity index (χ1v) is 6.41. The van der Waals surface area contributed by atoms with E-state index >= 15 is 0 Å². The van der Waals surface area contributed by atoms with E-state index in [1.54, 1.807) is 0 Å². The first-order valence-electron chi connectivity index (χ1n) is 6.41. The molecule has 2 rings (SSSR count). The predicted octanol–water partition coefficient (Wildman–Crippen LogP) is 3.90. The minimum Gasteiger partial charge on any atom is -0.388 e. The van der Waals surface area contributed by atoms with Crippen molar-refractivity contribution >= 4 is 11.4 Å². The molecule has 0 heterocycles. The van der Waals surface area contributed by atoms with Crippen molar-refractivity contribution in [3.05, 3.63) is 59.7 Å². The minimum absolute atomic E-state index is 0.848. The van der Waals surface area contributed by atoms with E-state index in [1.807, 2.05) is 7.05 Å². The van der Waals surface area contributed by atoms with E-state index < -0.39 is 0 Å². The maximum absolute atomic E-state index is 3.44. The van der Waals surface area contributed by atoms with Crippen molar-refractivity contribution in [2.24, 2.45) is 0 Å². The van der Waals surface area contributed by atoms with Crippen molar-refractivity contribution in [2.75, 3.05) is 17.7 Å². The highest BCUT2D eigenvalue weighted by Gasteiger charge is 1.96. The molecule has 18 heavy (non-hydrogen) atoms. The Kier molecular flexibility index (Phi) is 4.24. The summed E-state index contributed by atoms with van der Waals surface area (Å²) in [5.74, 6) is 0.